The monoisotopic (exact) mass is 488 g/mol. The van der Waals surface area contributed by atoms with E-state index in [4.69, 9.17) is 17.3 Å². The lowest BCUT2D eigenvalue weighted by molar-refractivity contribution is -0.142. The fourth-order valence-electron chi connectivity index (χ4n) is 6.61. The predicted molar refractivity (Wildman–Crippen MR) is 120 cm³/mol. The molecule has 6 rings (SSSR count). The molecule has 1 aromatic carbocycles. The number of hydrogen-bond acceptors (Lipinski definition) is 7. The van der Waals surface area contributed by atoms with Crippen LogP contribution in [0, 0.1) is 33.5 Å². The van der Waals surface area contributed by atoms with Gasteiger partial charge in [-0.1, -0.05) is 18.2 Å². The number of rotatable bonds is 4. The molecule has 10 heteroatoms. The molecule has 7 unspecified atom stereocenters. The highest BCUT2D eigenvalue weighted by Gasteiger charge is 2.69. The number of likely N-dealkylation sites (tertiary alicyclic amines) is 1. The Labute approximate surface area is 196 Å². The number of aromatic hydroxyl groups is 1. The van der Waals surface area contributed by atoms with Gasteiger partial charge in [0.1, 0.15) is 5.75 Å². The standard InChI is InChI=1S/C22H20N2O5S3/c25-11-4-2-1-3-8(11)13-14-9-7-10(17(14)31-19-18(13)32-22(30)23-19)16-15(9)20(28)24(21(16)29)6-5-12(26)27/h1-4,9-10,13-17,25H,5-7H2,(H,23,30)(H,26,27). The molecule has 0 spiro atoms. The number of phenolic OH excluding ortho intramolecular Hbond substituents is 1. The molecule has 2 aromatic rings. The third-order valence-electron chi connectivity index (χ3n) is 7.64. The Morgan fingerprint density at radius 1 is 1.19 bits per heavy atom. The number of carbonyl (C=O) groups excluding carboxylic acids is 2. The normalized spacial score (nSPS) is 34.5. The molecule has 3 fully saturated rings. The van der Waals surface area contributed by atoms with E-state index in [0.717, 1.165) is 21.9 Å². The Kier molecular flexibility index (Phi) is 4.58. The summed E-state index contributed by atoms with van der Waals surface area (Å²) in [5, 5.41) is 20.9. The smallest absolute Gasteiger partial charge is 0.305 e. The number of imide groups is 1. The van der Waals surface area contributed by atoms with Crippen LogP contribution in [0.3, 0.4) is 0 Å². The van der Waals surface area contributed by atoms with Crippen molar-refractivity contribution >= 4 is 53.1 Å². The van der Waals surface area contributed by atoms with Crippen LogP contribution < -0.4 is 0 Å². The maximum atomic E-state index is 13.3. The Hall–Kier alpha value is -2.17. The third kappa shape index (κ3) is 2.72. The number of thioether (sulfide) groups is 1. The molecule has 166 valence electrons. The summed E-state index contributed by atoms with van der Waals surface area (Å²) in [6, 6.07) is 7.32. The summed E-state index contributed by atoms with van der Waals surface area (Å²) >= 11 is 8.66. The number of aliphatic carboxylic acids is 1. The molecule has 2 amide bonds. The van der Waals surface area contributed by atoms with E-state index in [9.17, 15) is 19.5 Å². The van der Waals surface area contributed by atoms with Crippen molar-refractivity contribution in [3.05, 3.63) is 38.7 Å². The van der Waals surface area contributed by atoms with E-state index in [1.54, 1.807) is 23.9 Å². The number of benzene rings is 1. The van der Waals surface area contributed by atoms with Crippen molar-refractivity contribution in [1.29, 1.82) is 0 Å². The first-order valence-electron chi connectivity index (χ1n) is 10.6. The summed E-state index contributed by atoms with van der Waals surface area (Å²) in [6.45, 7) is -0.0642. The highest BCUT2D eigenvalue weighted by molar-refractivity contribution is 8.00. The van der Waals surface area contributed by atoms with Gasteiger partial charge in [-0.2, -0.15) is 0 Å². The van der Waals surface area contributed by atoms with Crippen LogP contribution in [-0.4, -0.2) is 49.7 Å². The first-order valence-corrected chi connectivity index (χ1v) is 12.7. The number of thiazole rings is 1. The zero-order chi connectivity index (χ0) is 22.3. The van der Waals surface area contributed by atoms with Gasteiger partial charge in [-0.3, -0.25) is 19.3 Å². The summed E-state index contributed by atoms with van der Waals surface area (Å²) in [5.74, 6) is -1.92. The van der Waals surface area contributed by atoms with Crippen molar-refractivity contribution in [2.75, 3.05) is 6.54 Å². The first kappa shape index (κ1) is 20.4. The van der Waals surface area contributed by atoms with Gasteiger partial charge in [0.15, 0.2) is 3.95 Å². The number of H-pyrrole nitrogens is 1. The molecule has 4 aliphatic rings. The van der Waals surface area contributed by atoms with Crippen LogP contribution in [0.5, 0.6) is 5.75 Å². The van der Waals surface area contributed by atoms with E-state index in [1.807, 2.05) is 12.1 Å². The minimum absolute atomic E-state index is 0.0159. The highest BCUT2D eigenvalue weighted by Crippen LogP contribution is 2.69. The van der Waals surface area contributed by atoms with Crippen LogP contribution >= 0.6 is 35.3 Å². The van der Waals surface area contributed by atoms with Crippen LogP contribution in [0.2, 0.25) is 0 Å². The van der Waals surface area contributed by atoms with Gasteiger partial charge in [-0.15, -0.1) is 23.1 Å². The number of amides is 2. The zero-order valence-corrected chi connectivity index (χ0v) is 19.2. The van der Waals surface area contributed by atoms with Crippen molar-refractivity contribution in [3.63, 3.8) is 0 Å². The number of carbonyl (C=O) groups is 3. The van der Waals surface area contributed by atoms with E-state index in [0.29, 0.717) is 3.95 Å². The second kappa shape index (κ2) is 7.16. The van der Waals surface area contributed by atoms with Gasteiger partial charge in [0.2, 0.25) is 11.8 Å². The topological polar surface area (TPSA) is 111 Å². The maximum absolute atomic E-state index is 13.3. The Morgan fingerprint density at radius 2 is 1.91 bits per heavy atom. The number of para-hydroxylation sites is 1. The number of nitrogens with zero attached hydrogens (tertiary/aromatic N) is 1. The molecule has 3 heterocycles. The van der Waals surface area contributed by atoms with Crippen LogP contribution in [0.15, 0.2) is 29.3 Å². The number of carboxylic acids is 1. The molecule has 1 saturated heterocycles. The molecule has 2 aliphatic carbocycles. The molecule has 2 saturated carbocycles. The van der Waals surface area contributed by atoms with Crippen molar-refractivity contribution in [3.8, 4) is 5.75 Å². The first-order chi connectivity index (χ1) is 15.4. The van der Waals surface area contributed by atoms with Crippen LogP contribution in [-0.2, 0) is 14.4 Å². The van der Waals surface area contributed by atoms with Gasteiger partial charge in [0.25, 0.3) is 0 Å². The molecular formula is C22H20N2O5S3. The molecule has 2 aliphatic heterocycles. The summed E-state index contributed by atoms with van der Waals surface area (Å²) in [7, 11) is 0. The van der Waals surface area contributed by atoms with Crippen molar-refractivity contribution in [2.24, 2.45) is 29.6 Å². The fraction of sp³-hybridized carbons (Fsp3) is 0.455. The minimum atomic E-state index is -1.02. The van der Waals surface area contributed by atoms with E-state index < -0.39 is 11.9 Å². The quantitative estimate of drug-likeness (QED) is 0.446. The van der Waals surface area contributed by atoms with E-state index in [2.05, 4.69) is 4.98 Å². The third-order valence-corrected chi connectivity index (χ3v) is 10.6. The number of nitrogens with one attached hydrogen (secondary N) is 1. The van der Waals surface area contributed by atoms with Crippen molar-refractivity contribution in [2.45, 2.75) is 29.0 Å². The number of carboxylic acid groups (broad SMARTS) is 1. The Balaban J connectivity index is 1.43. The number of aromatic amines is 1. The van der Waals surface area contributed by atoms with Gasteiger partial charge in [0, 0.05) is 28.2 Å². The van der Waals surface area contributed by atoms with Crippen LogP contribution in [0.1, 0.15) is 29.2 Å². The molecule has 0 radical (unpaired) electrons. The molecule has 7 nitrogen and oxygen atoms in total. The molecular weight excluding hydrogens is 468 g/mol. The summed E-state index contributed by atoms with van der Waals surface area (Å²) < 4.78 is 0.683. The molecule has 32 heavy (non-hydrogen) atoms. The maximum Gasteiger partial charge on any atom is 0.305 e. The Bertz CT molecular complexity index is 1220. The van der Waals surface area contributed by atoms with Crippen molar-refractivity contribution in [1.82, 2.24) is 9.88 Å². The van der Waals surface area contributed by atoms with Crippen LogP contribution in [0.25, 0.3) is 0 Å². The number of fused-ring (bicyclic) bond motifs is 9. The van der Waals surface area contributed by atoms with Gasteiger partial charge in [0.05, 0.1) is 23.3 Å². The summed E-state index contributed by atoms with van der Waals surface area (Å²) in [6.07, 6.45) is 0.573. The van der Waals surface area contributed by atoms with Crippen LogP contribution in [0.4, 0.5) is 0 Å². The Morgan fingerprint density at radius 3 is 2.62 bits per heavy atom. The molecule has 2 bridgehead atoms. The number of hydrogen-bond donors (Lipinski definition) is 3. The highest BCUT2D eigenvalue weighted by atomic mass is 32.2. The lowest BCUT2D eigenvalue weighted by Gasteiger charge is -2.43. The van der Waals surface area contributed by atoms with Gasteiger partial charge in [-0.25, -0.2) is 0 Å². The largest absolute Gasteiger partial charge is 0.508 e. The SMILES string of the molecule is O=C(O)CCN1C(=O)C2C3CC(C2C1=O)C1C(c2ccccc2O)c2sc(=S)[nH]c2SC31. The van der Waals surface area contributed by atoms with Gasteiger partial charge >= 0.3 is 5.97 Å². The van der Waals surface area contributed by atoms with E-state index in [1.165, 1.54) is 16.2 Å². The molecule has 7 atom stereocenters. The average Bonchev–Trinajstić information content (AvgIpc) is 3.46. The zero-order valence-electron chi connectivity index (χ0n) is 16.8. The summed E-state index contributed by atoms with van der Waals surface area (Å²) in [5.41, 5.74) is 0.831. The number of phenols is 1. The molecule has 3 N–H and O–H groups in total. The van der Waals surface area contributed by atoms with E-state index in [-0.39, 0.29) is 65.4 Å². The fourth-order valence-corrected chi connectivity index (χ4v) is 9.93. The van der Waals surface area contributed by atoms with E-state index >= 15 is 0 Å². The molecule has 1 aromatic heterocycles. The second-order valence-electron chi connectivity index (χ2n) is 8.99. The van der Waals surface area contributed by atoms with Gasteiger partial charge < -0.3 is 15.2 Å². The lowest BCUT2D eigenvalue weighted by Crippen LogP contribution is -2.42. The second-order valence-corrected chi connectivity index (χ2v) is 11.9. The van der Waals surface area contributed by atoms with Gasteiger partial charge in [-0.05, 0) is 42.5 Å². The lowest BCUT2D eigenvalue weighted by atomic mass is 9.68. The average molecular weight is 489 g/mol. The predicted octanol–water partition coefficient (Wildman–Crippen LogP) is 3.46. The minimum Gasteiger partial charge on any atom is -0.508 e. The summed E-state index contributed by atoms with van der Waals surface area (Å²) in [4.78, 5) is 43.0. The van der Waals surface area contributed by atoms with Crippen molar-refractivity contribution < 1.29 is 24.6 Å². The number of aromatic nitrogens is 1.